The molecule has 1 N–H and O–H groups in total. The summed E-state index contributed by atoms with van der Waals surface area (Å²) < 4.78 is 34.7. The highest BCUT2D eigenvalue weighted by Crippen LogP contribution is 2.64. The van der Waals surface area contributed by atoms with E-state index in [2.05, 4.69) is 33.8 Å². The number of allylic oxidation sites excluding steroid dienone is 1. The molecule has 2 aliphatic heterocycles. The van der Waals surface area contributed by atoms with Crippen molar-refractivity contribution in [3.8, 4) is 17.2 Å². The van der Waals surface area contributed by atoms with Crippen LogP contribution < -0.4 is 9.47 Å². The third-order valence-corrected chi connectivity index (χ3v) is 8.00. The molecule has 3 aliphatic rings. The Balaban J connectivity index is 1.49. The molecule has 6 atom stereocenters. The molecule has 1 aromatic rings. The predicted octanol–water partition coefficient (Wildman–Crippen LogP) is 4.43. The van der Waals surface area contributed by atoms with Crippen molar-refractivity contribution in [2.45, 2.75) is 76.0 Å². The minimum absolute atomic E-state index is 0.0658. The molecule has 1 spiro atoms. The molecule has 198 valence electrons. The number of phenols is 1. The van der Waals surface area contributed by atoms with Crippen molar-refractivity contribution < 1.29 is 38.3 Å². The van der Waals surface area contributed by atoms with Crippen molar-refractivity contribution >= 4 is 12.0 Å². The van der Waals surface area contributed by atoms with E-state index < -0.39 is 17.7 Å². The van der Waals surface area contributed by atoms with Gasteiger partial charge in [-0.25, -0.2) is 4.79 Å². The van der Waals surface area contributed by atoms with Crippen LogP contribution in [0.1, 0.15) is 52.5 Å². The topological polar surface area (TPSA) is 99.3 Å². The van der Waals surface area contributed by atoms with Crippen molar-refractivity contribution in [1.82, 2.24) is 0 Å². The predicted molar refractivity (Wildman–Crippen MR) is 134 cm³/mol. The molecule has 0 aromatic heterocycles. The fraction of sp³-hybridized carbons (Fsp3) is 0.607. The minimum Gasteiger partial charge on any atom is -0.504 e. The van der Waals surface area contributed by atoms with E-state index in [9.17, 15) is 9.90 Å². The number of hydrogen-bond acceptors (Lipinski definition) is 8. The molecule has 1 saturated carbocycles. The van der Waals surface area contributed by atoms with Crippen LogP contribution in [0, 0.1) is 5.92 Å². The maximum absolute atomic E-state index is 12.8. The molecule has 0 bridgehead atoms. The second kappa shape index (κ2) is 9.72. The maximum atomic E-state index is 12.8. The molecule has 2 heterocycles. The lowest BCUT2D eigenvalue weighted by Crippen LogP contribution is -2.56. The van der Waals surface area contributed by atoms with Gasteiger partial charge >= 0.3 is 5.97 Å². The molecule has 0 radical (unpaired) electrons. The number of esters is 1. The zero-order valence-corrected chi connectivity index (χ0v) is 22.3. The Morgan fingerprint density at radius 1 is 1.19 bits per heavy atom. The third kappa shape index (κ3) is 4.74. The average molecular weight is 503 g/mol. The van der Waals surface area contributed by atoms with E-state index in [4.69, 9.17) is 28.4 Å². The highest BCUT2D eigenvalue weighted by atomic mass is 16.6. The lowest BCUT2D eigenvalue weighted by atomic mass is 9.66. The first-order chi connectivity index (χ1) is 17.0. The summed E-state index contributed by atoms with van der Waals surface area (Å²) in [4.78, 5) is 12.8. The summed E-state index contributed by atoms with van der Waals surface area (Å²) in [5, 5.41) is 10.2. The van der Waals surface area contributed by atoms with Crippen LogP contribution in [0.2, 0.25) is 0 Å². The van der Waals surface area contributed by atoms with Crippen molar-refractivity contribution in [2.24, 2.45) is 5.92 Å². The number of phenolic OH excluding ortho intramolecular Hbond substituents is 1. The van der Waals surface area contributed by atoms with Crippen molar-refractivity contribution in [3.63, 3.8) is 0 Å². The molecular weight excluding hydrogens is 464 g/mol. The minimum atomic E-state index is -0.489. The Labute approximate surface area is 213 Å². The molecule has 1 aromatic carbocycles. The zero-order chi connectivity index (χ0) is 26.3. The van der Waals surface area contributed by atoms with Gasteiger partial charge in [-0.2, -0.15) is 0 Å². The molecule has 0 amide bonds. The number of hydrogen-bond donors (Lipinski definition) is 1. The number of epoxide rings is 2. The number of carbonyl (C=O) groups excluding carboxylic acids is 1. The van der Waals surface area contributed by atoms with E-state index in [1.54, 1.807) is 19.3 Å². The van der Waals surface area contributed by atoms with Crippen LogP contribution in [-0.2, 0) is 23.7 Å². The number of benzene rings is 1. The first kappa shape index (κ1) is 26.5. The smallest absolute Gasteiger partial charge is 0.331 e. The first-order valence-corrected chi connectivity index (χ1v) is 12.4. The van der Waals surface area contributed by atoms with E-state index in [-0.39, 0.29) is 34.7 Å². The van der Waals surface area contributed by atoms with E-state index >= 15 is 0 Å². The summed E-state index contributed by atoms with van der Waals surface area (Å²) >= 11 is 0. The van der Waals surface area contributed by atoms with Crippen LogP contribution in [0.4, 0.5) is 0 Å². The standard InChI is InChI=1S/C28H38O8/c1-17(2)10-12-26(3)27(4,36-26)25-24(33-7)20(11-13-28(25)16-34-28)35-22(30)9-8-18-14-19(29)23(32-6)21(15-18)31-5/h8-10,14-15,20,24-25,29H,11-13,16H2,1-7H3/b9-8+/t20-,24-,25-,26-,27?,28+/m1/s1. The molecule has 2 saturated heterocycles. The number of methoxy groups -OCH3 is 3. The van der Waals surface area contributed by atoms with Gasteiger partial charge in [-0.15, -0.1) is 0 Å². The van der Waals surface area contributed by atoms with Crippen LogP contribution in [-0.4, -0.2) is 68.0 Å². The molecule has 36 heavy (non-hydrogen) atoms. The van der Waals surface area contributed by atoms with Gasteiger partial charge in [-0.1, -0.05) is 11.6 Å². The summed E-state index contributed by atoms with van der Waals surface area (Å²) in [5.41, 5.74) is 0.750. The van der Waals surface area contributed by atoms with Gasteiger partial charge in [0.2, 0.25) is 5.75 Å². The van der Waals surface area contributed by atoms with E-state index in [0.717, 1.165) is 12.8 Å². The Morgan fingerprint density at radius 3 is 2.50 bits per heavy atom. The third-order valence-electron chi connectivity index (χ3n) is 8.00. The molecule has 4 rings (SSSR count). The summed E-state index contributed by atoms with van der Waals surface area (Å²) in [6, 6.07) is 3.16. The molecule has 1 unspecified atom stereocenters. The van der Waals surface area contributed by atoms with Gasteiger partial charge in [0.1, 0.15) is 23.4 Å². The Morgan fingerprint density at radius 2 is 1.92 bits per heavy atom. The molecule has 1 aliphatic carbocycles. The Hall–Kier alpha value is -2.55. The van der Waals surface area contributed by atoms with E-state index in [1.807, 2.05) is 0 Å². The van der Waals surface area contributed by atoms with Crippen LogP contribution in [0.25, 0.3) is 6.08 Å². The molecule has 8 heteroatoms. The summed E-state index contributed by atoms with van der Waals surface area (Å²) in [7, 11) is 4.58. The van der Waals surface area contributed by atoms with Gasteiger partial charge in [-0.3, -0.25) is 0 Å². The monoisotopic (exact) mass is 502 g/mol. The van der Waals surface area contributed by atoms with Crippen molar-refractivity contribution in [2.75, 3.05) is 27.9 Å². The fourth-order valence-electron chi connectivity index (χ4n) is 5.76. The molecular formula is C28H38O8. The highest BCUT2D eigenvalue weighted by molar-refractivity contribution is 5.87. The Kier molecular flexibility index (Phi) is 7.16. The van der Waals surface area contributed by atoms with Gasteiger partial charge in [-0.05, 0) is 70.7 Å². The molecule has 3 fully saturated rings. The SMILES string of the molecule is COc1cc(/C=C/C(=O)O[C@@H]2CC[C@]3(CO3)[C@@H](C3(C)O[C@]3(C)CC=C(C)C)[C@@H]2OC)cc(O)c1OC. The van der Waals surface area contributed by atoms with E-state index in [0.29, 0.717) is 24.3 Å². The summed E-state index contributed by atoms with van der Waals surface area (Å²) in [6.07, 6.45) is 6.55. The lowest BCUT2D eigenvalue weighted by Gasteiger charge is -2.43. The number of aromatic hydroxyl groups is 1. The number of ether oxygens (including phenoxy) is 6. The van der Waals surface area contributed by atoms with Crippen LogP contribution in [0.3, 0.4) is 0 Å². The second-order valence-corrected chi connectivity index (χ2v) is 10.6. The van der Waals surface area contributed by atoms with Crippen molar-refractivity contribution in [1.29, 1.82) is 0 Å². The lowest BCUT2D eigenvalue weighted by molar-refractivity contribution is -0.166. The quantitative estimate of drug-likeness (QED) is 0.229. The normalized spacial score (nSPS) is 34.9. The summed E-state index contributed by atoms with van der Waals surface area (Å²) in [6.45, 7) is 9.09. The first-order valence-electron chi connectivity index (χ1n) is 12.4. The fourth-order valence-corrected chi connectivity index (χ4v) is 5.76. The number of carbonyl (C=O) groups is 1. The van der Waals surface area contributed by atoms with Crippen molar-refractivity contribution in [3.05, 3.63) is 35.4 Å². The zero-order valence-electron chi connectivity index (χ0n) is 22.3. The highest BCUT2D eigenvalue weighted by Gasteiger charge is 2.76. The van der Waals surface area contributed by atoms with Gasteiger partial charge in [0.15, 0.2) is 11.5 Å². The van der Waals surface area contributed by atoms with Gasteiger partial charge in [0.05, 0.1) is 32.3 Å². The largest absolute Gasteiger partial charge is 0.504 e. The van der Waals surface area contributed by atoms with Crippen LogP contribution in [0.15, 0.2) is 29.9 Å². The van der Waals surface area contributed by atoms with Crippen LogP contribution in [0.5, 0.6) is 17.2 Å². The summed E-state index contributed by atoms with van der Waals surface area (Å²) in [5.74, 6) is -0.0375. The van der Waals surface area contributed by atoms with Gasteiger partial charge in [0, 0.05) is 13.2 Å². The van der Waals surface area contributed by atoms with Gasteiger partial charge < -0.3 is 33.5 Å². The average Bonchev–Trinajstić information content (AvgIpc) is 3.73. The maximum Gasteiger partial charge on any atom is 0.331 e. The van der Waals surface area contributed by atoms with E-state index in [1.165, 1.54) is 31.9 Å². The number of rotatable bonds is 9. The second-order valence-electron chi connectivity index (χ2n) is 10.6. The Bertz CT molecular complexity index is 1050. The van der Waals surface area contributed by atoms with Gasteiger partial charge in [0.25, 0.3) is 0 Å². The molecule has 8 nitrogen and oxygen atoms in total. The van der Waals surface area contributed by atoms with Crippen LogP contribution >= 0.6 is 0 Å².